The minimum Gasteiger partial charge on any atom is -0.304 e. The number of sulfone groups is 1. The number of aromatic nitrogens is 2. The lowest BCUT2D eigenvalue weighted by Crippen LogP contribution is -2.22. The predicted molar refractivity (Wildman–Crippen MR) is 78.1 cm³/mol. The lowest BCUT2D eigenvalue weighted by molar-refractivity contribution is 0.494. The molecule has 1 aromatic heterocycles. The van der Waals surface area contributed by atoms with Crippen molar-refractivity contribution in [3.8, 4) is 0 Å². The van der Waals surface area contributed by atoms with Crippen molar-refractivity contribution in [2.24, 2.45) is 0 Å². The van der Waals surface area contributed by atoms with Crippen molar-refractivity contribution in [2.45, 2.75) is 30.8 Å². The van der Waals surface area contributed by atoms with Gasteiger partial charge in [-0.3, -0.25) is 5.10 Å². The molecule has 1 heterocycles. The molecule has 0 aliphatic rings. The van der Waals surface area contributed by atoms with E-state index in [9.17, 15) is 8.42 Å². The molecule has 0 aliphatic carbocycles. The summed E-state index contributed by atoms with van der Waals surface area (Å²) in [6.07, 6.45) is 4.86. The van der Waals surface area contributed by atoms with Gasteiger partial charge in [-0.15, -0.1) is 0 Å². The fourth-order valence-electron chi connectivity index (χ4n) is 2.07. The molecule has 2 N–H and O–H groups in total. The van der Waals surface area contributed by atoms with E-state index in [-0.39, 0.29) is 12.1 Å². The number of rotatable bonds is 5. The highest BCUT2D eigenvalue weighted by Crippen LogP contribution is 2.20. The van der Waals surface area contributed by atoms with Gasteiger partial charge in [0.15, 0.2) is 9.84 Å². The summed E-state index contributed by atoms with van der Waals surface area (Å²) < 4.78 is 22.8. The van der Waals surface area contributed by atoms with Crippen molar-refractivity contribution in [1.29, 1.82) is 0 Å². The van der Waals surface area contributed by atoms with Crippen LogP contribution in [0, 0.1) is 0 Å². The number of benzene rings is 1. The number of aromatic amines is 1. The Morgan fingerprint density at radius 1 is 1.10 bits per heavy atom. The molecule has 0 bridgehead atoms. The maximum atomic E-state index is 11.4. The molecule has 108 valence electrons. The molecular weight excluding hydrogens is 274 g/mol. The van der Waals surface area contributed by atoms with E-state index in [0.29, 0.717) is 4.90 Å². The molecule has 0 spiro atoms. The third-order valence-corrected chi connectivity index (χ3v) is 4.46. The summed E-state index contributed by atoms with van der Waals surface area (Å²) in [6.45, 7) is 4.11. The van der Waals surface area contributed by atoms with Gasteiger partial charge in [-0.25, -0.2) is 8.42 Å². The Bertz CT molecular complexity index is 648. The molecule has 0 fully saturated rings. The van der Waals surface area contributed by atoms with Gasteiger partial charge in [0.25, 0.3) is 0 Å². The van der Waals surface area contributed by atoms with Crippen LogP contribution >= 0.6 is 0 Å². The first-order valence-corrected chi connectivity index (χ1v) is 8.32. The zero-order valence-corrected chi connectivity index (χ0v) is 12.6. The summed E-state index contributed by atoms with van der Waals surface area (Å²) in [6, 6.07) is 7.26. The Morgan fingerprint density at radius 2 is 1.70 bits per heavy atom. The molecule has 1 aromatic carbocycles. The summed E-state index contributed by atoms with van der Waals surface area (Å²) in [7, 11) is -3.14. The first-order valence-electron chi connectivity index (χ1n) is 6.42. The highest BCUT2D eigenvalue weighted by molar-refractivity contribution is 7.90. The summed E-state index contributed by atoms with van der Waals surface area (Å²) in [5.41, 5.74) is 2.14. The monoisotopic (exact) mass is 293 g/mol. The molecule has 5 nitrogen and oxygen atoms in total. The van der Waals surface area contributed by atoms with Crippen LogP contribution in [-0.4, -0.2) is 24.9 Å². The lowest BCUT2D eigenvalue weighted by atomic mass is 10.1. The van der Waals surface area contributed by atoms with Gasteiger partial charge in [0, 0.05) is 30.1 Å². The van der Waals surface area contributed by atoms with Crippen molar-refractivity contribution < 1.29 is 8.42 Å². The molecule has 0 radical (unpaired) electrons. The first kappa shape index (κ1) is 14.7. The minimum absolute atomic E-state index is 0.119. The van der Waals surface area contributed by atoms with E-state index in [1.165, 1.54) is 6.26 Å². The second-order valence-electron chi connectivity index (χ2n) is 4.98. The quantitative estimate of drug-likeness (QED) is 0.886. The van der Waals surface area contributed by atoms with Crippen LogP contribution in [0.4, 0.5) is 0 Å². The molecule has 20 heavy (non-hydrogen) atoms. The van der Waals surface area contributed by atoms with E-state index >= 15 is 0 Å². The Kier molecular flexibility index (Phi) is 4.25. The number of nitrogens with one attached hydrogen (secondary N) is 2. The van der Waals surface area contributed by atoms with Crippen molar-refractivity contribution in [3.63, 3.8) is 0 Å². The minimum atomic E-state index is -3.14. The zero-order chi connectivity index (χ0) is 14.8. The third kappa shape index (κ3) is 3.46. The maximum Gasteiger partial charge on any atom is 0.175 e. The van der Waals surface area contributed by atoms with E-state index < -0.39 is 9.84 Å². The molecule has 2 unspecified atom stereocenters. The van der Waals surface area contributed by atoms with Gasteiger partial charge in [0.05, 0.1) is 11.1 Å². The van der Waals surface area contributed by atoms with Gasteiger partial charge in [-0.1, -0.05) is 12.1 Å². The summed E-state index contributed by atoms with van der Waals surface area (Å²) in [5, 5.41) is 10.2. The highest BCUT2D eigenvalue weighted by atomic mass is 32.2. The van der Waals surface area contributed by atoms with E-state index in [0.717, 1.165) is 11.1 Å². The molecular formula is C14H19N3O2S. The van der Waals surface area contributed by atoms with Gasteiger partial charge in [-0.05, 0) is 31.5 Å². The maximum absolute atomic E-state index is 11.4. The zero-order valence-electron chi connectivity index (χ0n) is 11.8. The van der Waals surface area contributed by atoms with Crippen LogP contribution in [0.3, 0.4) is 0 Å². The summed E-state index contributed by atoms with van der Waals surface area (Å²) in [5.74, 6) is 0. The fourth-order valence-corrected chi connectivity index (χ4v) is 2.70. The van der Waals surface area contributed by atoms with E-state index in [1.807, 2.05) is 25.3 Å². The fraction of sp³-hybridized carbons (Fsp3) is 0.357. The van der Waals surface area contributed by atoms with Crippen LogP contribution in [0.2, 0.25) is 0 Å². The molecule has 0 saturated heterocycles. The van der Waals surface area contributed by atoms with Crippen LogP contribution < -0.4 is 5.32 Å². The highest BCUT2D eigenvalue weighted by Gasteiger charge is 2.13. The topological polar surface area (TPSA) is 74.8 Å². The smallest absolute Gasteiger partial charge is 0.175 e. The van der Waals surface area contributed by atoms with Gasteiger partial charge in [0.1, 0.15) is 0 Å². The number of nitrogens with zero attached hydrogens (tertiary/aromatic N) is 1. The molecule has 0 amide bonds. The number of hydrogen-bond acceptors (Lipinski definition) is 4. The van der Waals surface area contributed by atoms with Gasteiger partial charge in [-0.2, -0.15) is 5.10 Å². The largest absolute Gasteiger partial charge is 0.304 e. The molecule has 2 rings (SSSR count). The van der Waals surface area contributed by atoms with E-state index in [2.05, 4.69) is 22.4 Å². The van der Waals surface area contributed by atoms with Crippen LogP contribution in [0.1, 0.15) is 37.1 Å². The van der Waals surface area contributed by atoms with Crippen LogP contribution in [0.5, 0.6) is 0 Å². The Hall–Kier alpha value is -1.66. The molecule has 0 aliphatic heterocycles. The van der Waals surface area contributed by atoms with E-state index in [1.54, 1.807) is 18.3 Å². The average molecular weight is 293 g/mol. The van der Waals surface area contributed by atoms with Gasteiger partial charge in [0.2, 0.25) is 0 Å². The number of H-pyrrole nitrogens is 1. The van der Waals surface area contributed by atoms with Crippen LogP contribution in [0.25, 0.3) is 0 Å². The SMILES string of the molecule is CC(NC(C)c1cn[nH]c1)c1ccc(S(C)(=O)=O)cc1. The van der Waals surface area contributed by atoms with Crippen molar-refractivity contribution in [3.05, 3.63) is 47.8 Å². The van der Waals surface area contributed by atoms with Crippen molar-refractivity contribution >= 4 is 9.84 Å². The van der Waals surface area contributed by atoms with Gasteiger partial charge < -0.3 is 5.32 Å². The van der Waals surface area contributed by atoms with Crippen molar-refractivity contribution in [1.82, 2.24) is 15.5 Å². The average Bonchev–Trinajstić information content (AvgIpc) is 2.91. The predicted octanol–water partition coefficient (Wildman–Crippen LogP) is 2.23. The second-order valence-corrected chi connectivity index (χ2v) is 7.00. The summed E-state index contributed by atoms with van der Waals surface area (Å²) in [4.78, 5) is 0.344. The van der Waals surface area contributed by atoms with Crippen molar-refractivity contribution in [2.75, 3.05) is 6.26 Å². The van der Waals surface area contributed by atoms with Crippen LogP contribution in [-0.2, 0) is 9.84 Å². The van der Waals surface area contributed by atoms with Gasteiger partial charge >= 0.3 is 0 Å². The normalized spacial score (nSPS) is 14.9. The molecule has 2 atom stereocenters. The first-order chi connectivity index (χ1) is 9.38. The third-order valence-electron chi connectivity index (χ3n) is 3.33. The Labute approximate surface area is 119 Å². The Balaban J connectivity index is 2.08. The Morgan fingerprint density at radius 3 is 2.20 bits per heavy atom. The van der Waals surface area contributed by atoms with E-state index in [4.69, 9.17) is 0 Å². The molecule has 0 saturated carbocycles. The summed E-state index contributed by atoms with van der Waals surface area (Å²) >= 11 is 0. The lowest BCUT2D eigenvalue weighted by Gasteiger charge is -2.19. The molecule has 6 heteroatoms. The number of hydrogen-bond donors (Lipinski definition) is 2. The standard InChI is InChI=1S/C14H19N3O2S/c1-10(17-11(2)13-8-15-16-9-13)12-4-6-14(7-5-12)20(3,18)19/h4-11,17H,1-3H3,(H,15,16). The molecule has 2 aromatic rings. The second kappa shape index (κ2) is 5.76. The van der Waals surface area contributed by atoms with Crippen LogP contribution in [0.15, 0.2) is 41.6 Å².